The molecule has 0 unspecified atom stereocenters. The molecule has 0 radical (unpaired) electrons. The molecular formula is C26H27ClFN5O3S2. The van der Waals surface area contributed by atoms with Crippen LogP contribution in [0.4, 0.5) is 15.2 Å². The van der Waals surface area contributed by atoms with Crippen molar-refractivity contribution in [3.8, 4) is 0 Å². The zero-order valence-electron chi connectivity index (χ0n) is 20.3. The lowest BCUT2D eigenvalue weighted by Gasteiger charge is -2.34. The first-order valence-electron chi connectivity index (χ1n) is 11.9. The molecule has 0 atom stereocenters. The van der Waals surface area contributed by atoms with Crippen LogP contribution in [0.25, 0.3) is 10.2 Å². The molecule has 0 spiro atoms. The fraction of sp³-hybridized carbons (Fsp3) is 0.231. The molecule has 1 aliphatic heterocycles. The summed E-state index contributed by atoms with van der Waals surface area (Å²) in [5, 5.41) is 3.82. The normalized spacial score (nSPS) is 14.2. The predicted molar refractivity (Wildman–Crippen MR) is 152 cm³/mol. The van der Waals surface area contributed by atoms with Crippen molar-refractivity contribution in [2.24, 2.45) is 0 Å². The maximum Gasteiger partial charge on any atom is 0.261 e. The van der Waals surface area contributed by atoms with Crippen LogP contribution in [0.2, 0.25) is 0 Å². The molecule has 3 aromatic carbocycles. The van der Waals surface area contributed by atoms with Crippen LogP contribution in [0, 0.1) is 5.82 Å². The maximum absolute atomic E-state index is 13.5. The summed E-state index contributed by atoms with van der Waals surface area (Å²) in [6.07, 6.45) is 0. The van der Waals surface area contributed by atoms with Gasteiger partial charge in [-0.2, -0.15) is 0 Å². The van der Waals surface area contributed by atoms with E-state index in [-0.39, 0.29) is 29.0 Å². The highest BCUT2D eigenvalue weighted by atomic mass is 35.5. The third-order valence-corrected chi connectivity index (χ3v) is 8.60. The number of benzene rings is 3. The first-order chi connectivity index (χ1) is 17.9. The van der Waals surface area contributed by atoms with Gasteiger partial charge in [0.15, 0.2) is 5.13 Å². The van der Waals surface area contributed by atoms with Crippen molar-refractivity contribution in [2.45, 2.75) is 4.90 Å². The number of thiazole rings is 1. The smallest absolute Gasteiger partial charge is 0.261 e. The Hall–Kier alpha value is -3.25. The quantitative estimate of drug-likeness (QED) is 0.327. The van der Waals surface area contributed by atoms with Gasteiger partial charge < -0.3 is 10.2 Å². The molecular weight excluding hydrogens is 549 g/mol. The lowest BCUT2D eigenvalue weighted by molar-refractivity contribution is 0.0948. The number of hydrogen-bond acceptors (Lipinski definition) is 7. The molecule has 200 valence electrons. The fourth-order valence-electron chi connectivity index (χ4n) is 4.15. The predicted octanol–water partition coefficient (Wildman–Crippen LogP) is 4.21. The minimum absolute atomic E-state index is 0. The van der Waals surface area contributed by atoms with Gasteiger partial charge in [0, 0.05) is 50.5 Å². The van der Waals surface area contributed by atoms with Crippen LogP contribution in [0.1, 0.15) is 10.4 Å². The summed E-state index contributed by atoms with van der Waals surface area (Å²) in [6, 6.07) is 19.2. The summed E-state index contributed by atoms with van der Waals surface area (Å²) in [7, 11) is -3.73. The Morgan fingerprint density at radius 1 is 0.974 bits per heavy atom. The second-order valence-electron chi connectivity index (χ2n) is 8.69. The van der Waals surface area contributed by atoms with E-state index in [9.17, 15) is 17.6 Å². The first kappa shape index (κ1) is 27.8. The van der Waals surface area contributed by atoms with E-state index in [4.69, 9.17) is 0 Å². The highest BCUT2D eigenvalue weighted by Gasteiger charge is 2.20. The average Bonchev–Trinajstić information content (AvgIpc) is 3.33. The third-order valence-electron chi connectivity index (χ3n) is 6.13. The second-order valence-corrected chi connectivity index (χ2v) is 11.4. The molecule has 38 heavy (non-hydrogen) atoms. The largest absolute Gasteiger partial charge is 0.351 e. The highest BCUT2D eigenvalue weighted by molar-refractivity contribution is 7.92. The molecule has 1 aromatic heterocycles. The summed E-state index contributed by atoms with van der Waals surface area (Å²) in [6.45, 7) is 4.44. The molecule has 2 N–H and O–H groups in total. The van der Waals surface area contributed by atoms with Gasteiger partial charge in [-0.25, -0.2) is 17.8 Å². The number of hydrogen-bond donors (Lipinski definition) is 2. The minimum atomic E-state index is -3.73. The van der Waals surface area contributed by atoms with E-state index >= 15 is 0 Å². The number of aromatic nitrogens is 1. The van der Waals surface area contributed by atoms with E-state index in [0.29, 0.717) is 24.3 Å². The zero-order valence-corrected chi connectivity index (χ0v) is 22.8. The Labute approximate surface area is 230 Å². The van der Waals surface area contributed by atoms with E-state index in [1.54, 1.807) is 42.5 Å². The van der Waals surface area contributed by atoms with Crippen molar-refractivity contribution in [1.29, 1.82) is 0 Å². The summed E-state index contributed by atoms with van der Waals surface area (Å²) >= 11 is 1.50. The Kier molecular flexibility index (Phi) is 8.83. The van der Waals surface area contributed by atoms with Gasteiger partial charge in [0.25, 0.3) is 15.9 Å². The first-order valence-corrected chi connectivity index (χ1v) is 14.2. The van der Waals surface area contributed by atoms with Crippen molar-refractivity contribution < 1.29 is 17.6 Å². The Balaban J connectivity index is 0.00000336. The molecule has 0 bridgehead atoms. The standard InChI is InChI=1S/C26H26FN5O3S2.ClH/c27-20-9-10-23-24(18-20)36-26(29-23)32-15-13-31(14-16-32)12-11-28-25(33)19-5-4-6-21(17-19)30-37(34,35)22-7-2-1-3-8-22;/h1-10,17-18,30H,11-16H2,(H,28,33);1H. The monoisotopic (exact) mass is 575 g/mol. The molecule has 0 aliphatic carbocycles. The summed E-state index contributed by atoms with van der Waals surface area (Å²) in [5.74, 6) is -0.518. The SMILES string of the molecule is Cl.O=C(NCCN1CCN(c2nc3ccc(F)cc3s2)CC1)c1cccc(NS(=O)(=O)c2ccccc2)c1. The Bertz CT molecular complexity index is 1510. The van der Waals surface area contributed by atoms with E-state index in [2.05, 4.69) is 24.8 Å². The lowest BCUT2D eigenvalue weighted by atomic mass is 10.2. The van der Waals surface area contributed by atoms with Crippen molar-refractivity contribution in [3.05, 3.63) is 84.2 Å². The second kappa shape index (κ2) is 12.1. The molecule has 5 rings (SSSR count). The van der Waals surface area contributed by atoms with Crippen LogP contribution in [-0.2, 0) is 10.0 Å². The molecule has 1 aliphatic rings. The molecule has 4 aromatic rings. The van der Waals surface area contributed by atoms with Crippen LogP contribution in [0.15, 0.2) is 77.7 Å². The summed E-state index contributed by atoms with van der Waals surface area (Å²) < 4.78 is 42.0. The van der Waals surface area contributed by atoms with Gasteiger partial charge in [0.05, 0.1) is 15.1 Å². The van der Waals surface area contributed by atoms with Gasteiger partial charge in [0.1, 0.15) is 5.82 Å². The number of amides is 1. The van der Waals surface area contributed by atoms with Crippen LogP contribution >= 0.6 is 23.7 Å². The molecule has 1 amide bonds. The van der Waals surface area contributed by atoms with Crippen LogP contribution in [-0.4, -0.2) is 63.5 Å². The Morgan fingerprint density at radius 3 is 2.50 bits per heavy atom. The summed E-state index contributed by atoms with van der Waals surface area (Å²) in [4.78, 5) is 21.9. The van der Waals surface area contributed by atoms with E-state index in [1.807, 2.05) is 0 Å². The van der Waals surface area contributed by atoms with Crippen LogP contribution in [0.5, 0.6) is 0 Å². The Morgan fingerprint density at radius 2 is 1.74 bits per heavy atom. The maximum atomic E-state index is 13.5. The van der Waals surface area contributed by atoms with Gasteiger partial charge >= 0.3 is 0 Å². The van der Waals surface area contributed by atoms with E-state index in [1.165, 1.54) is 41.7 Å². The van der Waals surface area contributed by atoms with Gasteiger partial charge in [0.2, 0.25) is 0 Å². The minimum Gasteiger partial charge on any atom is -0.351 e. The highest BCUT2D eigenvalue weighted by Crippen LogP contribution is 2.29. The average molecular weight is 576 g/mol. The topological polar surface area (TPSA) is 94.6 Å². The van der Waals surface area contributed by atoms with Crippen molar-refractivity contribution in [2.75, 3.05) is 48.9 Å². The molecule has 2 heterocycles. The number of carbonyl (C=O) groups is 1. The molecule has 0 saturated carbocycles. The molecule has 1 fully saturated rings. The number of piperazine rings is 1. The van der Waals surface area contributed by atoms with Crippen molar-refractivity contribution in [3.63, 3.8) is 0 Å². The molecule has 1 saturated heterocycles. The number of anilines is 2. The number of rotatable bonds is 8. The number of nitrogens with one attached hydrogen (secondary N) is 2. The lowest BCUT2D eigenvalue weighted by Crippen LogP contribution is -2.48. The van der Waals surface area contributed by atoms with E-state index in [0.717, 1.165) is 41.5 Å². The van der Waals surface area contributed by atoms with Crippen molar-refractivity contribution in [1.82, 2.24) is 15.2 Å². The van der Waals surface area contributed by atoms with Gasteiger partial charge in [-0.15, -0.1) is 12.4 Å². The van der Waals surface area contributed by atoms with Gasteiger partial charge in [-0.1, -0.05) is 35.6 Å². The number of fused-ring (bicyclic) bond motifs is 1. The molecule has 8 nitrogen and oxygen atoms in total. The van der Waals surface area contributed by atoms with Gasteiger partial charge in [-0.05, 0) is 48.5 Å². The molecule has 12 heteroatoms. The number of nitrogens with zero attached hydrogens (tertiary/aromatic N) is 3. The summed E-state index contributed by atoms with van der Waals surface area (Å²) in [5.41, 5.74) is 1.51. The van der Waals surface area contributed by atoms with Crippen LogP contribution in [0.3, 0.4) is 0 Å². The number of carbonyl (C=O) groups excluding carboxylic acids is 1. The number of sulfonamides is 1. The third kappa shape index (κ3) is 6.60. The van der Waals surface area contributed by atoms with Crippen LogP contribution < -0.4 is 14.9 Å². The van der Waals surface area contributed by atoms with E-state index < -0.39 is 10.0 Å². The zero-order chi connectivity index (χ0) is 25.8. The fourth-order valence-corrected chi connectivity index (χ4v) is 6.26. The number of halogens is 2. The van der Waals surface area contributed by atoms with Crippen molar-refractivity contribution >= 4 is 60.7 Å². The van der Waals surface area contributed by atoms with Gasteiger partial charge in [-0.3, -0.25) is 14.4 Å².